The Labute approximate surface area is 84.7 Å². The molecule has 2 nitrogen and oxygen atoms in total. The van der Waals surface area contributed by atoms with E-state index in [1.54, 1.807) is 0 Å². The first-order chi connectivity index (χ1) is 5.97. The molecule has 0 bridgehead atoms. The Hall–Kier alpha value is -0.570. The van der Waals surface area contributed by atoms with Gasteiger partial charge in [0.15, 0.2) is 0 Å². The lowest BCUT2D eigenvalue weighted by Gasteiger charge is -2.24. The second-order valence-corrected chi connectivity index (χ2v) is 2.97. The smallest absolute Gasteiger partial charge is 0.134 e. The van der Waals surface area contributed by atoms with Crippen LogP contribution in [0.3, 0.4) is 0 Å². The topological polar surface area (TPSA) is 21.3 Å². The highest BCUT2D eigenvalue weighted by Crippen LogP contribution is 2.16. The summed E-state index contributed by atoms with van der Waals surface area (Å²) < 4.78 is 5.55. The van der Waals surface area contributed by atoms with Crippen LogP contribution in [0.1, 0.15) is 18.2 Å². The summed E-state index contributed by atoms with van der Waals surface area (Å²) >= 11 is 0. The molecule has 0 spiro atoms. The normalized spacial score (nSPS) is 22.0. The molecule has 1 saturated heterocycles. The number of benzene rings is 1. The van der Waals surface area contributed by atoms with Crippen molar-refractivity contribution in [3.05, 3.63) is 35.9 Å². The van der Waals surface area contributed by atoms with Crippen LogP contribution in [0.5, 0.6) is 0 Å². The van der Waals surface area contributed by atoms with Crippen LogP contribution in [0.4, 0.5) is 0 Å². The molecule has 0 radical (unpaired) electrons. The van der Waals surface area contributed by atoms with Gasteiger partial charge in [0.25, 0.3) is 0 Å². The van der Waals surface area contributed by atoms with Crippen molar-refractivity contribution in [2.75, 3.05) is 13.2 Å². The van der Waals surface area contributed by atoms with E-state index in [-0.39, 0.29) is 18.6 Å². The number of rotatable bonds is 1. The summed E-state index contributed by atoms with van der Waals surface area (Å²) in [6, 6.07) is 10.3. The van der Waals surface area contributed by atoms with Crippen molar-refractivity contribution in [1.82, 2.24) is 5.32 Å². The molecule has 0 amide bonds. The molecular formula is C10H14ClNO. The van der Waals surface area contributed by atoms with Crippen molar-refractivity contribution < 1.29 is 4.74 Å². The van der Waals surface area contributed by atoms with E-state index in [9.17, 15) is 0 Å². The van der Waals surface area contributed by atoms with E-state index in [2.05, 4.69) is 17.4 Å². The van der Waals surface area contributed by atoms with Gasteiger partial charge in [0.1, 0.15) is 6.23 Å². The average Bonchev–Trinajstić information content (AvgIpc) is 2.21. The van der Waals surface area contributed by atoms with Crippen LogP contribution in [0, 0.1) is 0 Å². The molecule has 0 saturated carbocycles. The predicted octanol–water partition coefficient (Wildman–Crippen LogP) is 2.12. The quantitative estimate of drug-likeness (QED) is 0.748. The molecule has 1 heterocycles. The molecule has 13 heavy (non-hydrogen) atoms. The maximum Gasteiger partial charge on any atom is 0.134 e. The molecule has 0 aliphatic carbocycles. The summed E-state index contributed by atoms with van der Waals surface area (Å²) in [6.07, 6.45) is 1.23. The molecule has 3 heteroatoms. The Bertz CT molecular complexity index is 234. The minimum atomic E-state index is 0. The largest absolute Gasteiger partial charge is 0.359 e. The highest BCUT2D eigenvalue weighted by Gasteiger charge is 2.13. The third-order valence-corrected chi connectivity index (χ3v) is 2.04. The van der Waals surface area contributed by atoms with Gasteiger partial charge in [-0.3, -0.25) is 5.32 Å². The molecule has 2 rings (SSSR count). The number of ether oxygens (including phenoxy) is 1. The lowest BCUT2D eigenvalue weighted by Crippen LogP contribution is -2.30. The Morgan fingerprint density at radius 3 is 2.62 bits per heavy atom. The van der Waals surface area contributed by atoms with Gasteiger partial charge in [0, 0.05) is 6.54 Å². The third kappa shape index (κ3) is 2.69. The van der Waals surface area contributed by atoms with Crippen LogP contribution in [0.15, 0.2) is 30.3 Å². The van der Waals surface area contributed by atoms with Crippen molar-refractivity contribution in [1.29, 1.82) is 0 Å². The van der Waals surface area contributed by atoms with Crippen LogP contribution in [-0.4, -0.2) is 13.2 Å². The minimum absolute atomic E-state index is 0. The first kappa shape index (κ1) is 10.5. The Morgan fingerprint density at radius 2 is 2.00 bits per heavy atom. The highest BCUT2D eigenvalue weighted by molar-refractivity contribution is 5.85. The van der Waals surface area contributed by atoms with Crippen molar-refractivity contribution in [2.45, 2.75) is 12.6 Å². The maximum atomic E-state index is 5.55. The number of hydrogen-bond acceptors (Lipinski definition) is 2. The van der Waals surface area contributed by atoms with Crippen molar-refractivity contribution in [2.24, 2.45) is 0 Å². The lowest BCUT2D eigenvalue weighted by atomic mass is 10.2. The second-order valence-electron chi connectivity index (χ2n) is 2.97. The van der Waals surface area contributed by atoms with Gasteiger partial charge >= 0.3 is 0 Å². The zero-order valence-corrected chi connectivity index (χ0v) is 8.22. The molecule has 1 aromatic rings. The monoisotopic (exact) mass is 199 g/mol. The van der Waals surface area contributed by atoms with Gasteiger partial charge in [-0.2, -0.15) is 0 Å². The molecule has 1 aliphatic heterocycles. The number of hydrogen-bond donors (Lipinski definition) is 1. The maximum absolute atomic E-state index is 5.55. The third-order valence-electron chi connectivity index (χ3n) is 2.04. The van der Waals surface area contributed by atoms with Crippen LogP contribution >= 0.6 is 12.4 Å². The van der Waals surface area contributed by atoms with Crippen LogP contribution in [-0.2, 0) is 4.74 Å². The molecule has 0 aromatic heterocycles. The van der Waals surface area contributed by atoms with Gasteiger partial charge in [-0.1, -0.05) is 30.3 Å². The summed E-state index contributed by atoms with van der Waals surface area (Å²) in [5, 5.41) is 3.31. The summed E-state index contributed by atoms with van der Waals surface area (Å²) in [5.74, 6) is 0. The van der Waals surface area contributed by atoms with Gasteiger partial charge in [0.05, 0.1) is 6.61 Å². The fourth-order valence-corrected chi connectivity index (χ4v) is 1.41. The summed E-state index contributed by atoms with van der Waals surface area (Å²) in [6.45, 7) is 1.92. The van der Waals surface area contributed by atoms with Gasteiger partial charge in [-0.25, -0.2) is 0 Å². The van der Waals surface area contributed by atoms with Crippen LogP contribution in [0.2, 0.25) is 0 Å². The number of halogens is 1. The van der Waals surface area contributed by atoms with Crippen LogP contribution < -0.4 is 5.32 Å². The first-order valence-corrected chi connectivity index (χ1v) is 4.37. The fraction of sp³-hybridized carbons (Fsp3) is 0.400. The lowest BCUT2D eigenvalue weighted by molar-refractivity contribution is -0.000310. The minimum Gasteiger partial charge on any atom is -0.359 e. The van der Waals surface area contributed by atoms with Crippen molar-refractivity contribution in [3.63, 3.8) is 0 Å². The molecule has 1 aromatic carbocycles. The zero-order valence-electron chi connectivity index (χ0n) is 7.40. The summed E-state index contributed by atoms with van der Waals surface area (Å²) in [4.78, 5) is 0. The fourth-order valence-electron chi connectivity index (χ4n) is 1.41. The van der Waals surface area contributed by atoms with E-state index in [4.69, 9.17) is 4.74 Å². The molecule has 1 atom stereocenters. The first-order valence-electron chi connectivity index (χ1n) is 4.37. The van der Waals surface area contributed by atoms with E-state index < -0.39 is 0 Å². The average molecular weight is 200 g/mol. The SMILES string of the molecule is Cl.c1ccc(C2NCCCO2)cc1. The van der Waals surface area contributed by atoms with Gasteiger partial charge in [-0.05, 0) is 12.0 Å². The predicted molar refractivity (Wildman–Crippen MR) is 55.0 cm³/mol. The standard InChI is InChI=1S/C10H13NO.ClH/c1-2-5-9(6-3-1)10-11-7-4-8-12-10;/h1-3,5-6,10-11H,4,7-8H2;1H. The Kier molecular flexibility index (Phi) is 4.22. The highest BCUT2D eigenvalue weighted by atomic mass is 35.5. The van der Waals surface area contributed by atoms with Crippen molar-refractivity contribution >= 4 is 12.4 Å². The molecular weight excluding hydrogens is 186 g/mol. The number of nitrogens with one attached hydrogen (secondary N) is 1. The molecule has 1 fully saturated rings. The zero-order chi connectivity index (χ0) is 8.23. The second kappa shape index (κ2) is 5.22. The van der Waals surface area contributed by atoms with Gasteiger partial charge < -0.3 is 4.74 Å². The van der Waals surface area contributed by atoms with E-state index in [0.29, 0.717) is 0 Å². The Morgan fingerprint density at radius 1 is 1.23 bits per heavy atom. The van der Waals surface area contributed by atoms with Gasteiger partial charge in [0.2, 0.25) is 0 Å². The van der Waals surface area contributed by atoms with E-state index in [1.165, 1.54) is 5.56 Å². The van der Waals surface area contributed by atoms with E-state index in [0.717, 1.165) is 19.6 Å². The van der Waals surface area contributed by atoms with Crippen molar-refractivity contribution in [3.8, 4) is 0 Å². The summed E-state index contributed by atoms with van der Waals surface area (Å²) in [5.41, 5.74) is 1.22. The molecule has 1 N–H and O–H groups in total. The van der Waals surface area contributed by atoms with Gasteiger partial charge in [-0.15, -0.1) is 12.4 Å². The molecule has 1 unspecified atom stereocenters. The van der Waals surface area contributed by atoms with E-state index in [1.807, 2.05) is 18.2 Å². The van der Waals surface area contributed by atoms with E-state index >= 15 is 0 Å². The summed E-state index contributed by atoms with van der Waals surface area (Å²) in [7, 11) is 0. The molecule has 72 valence electrons. The van der Waals surface area contributed by atoms with Crippen LogP contribution in [0.25, 0.3) is 0 Å². The Balaban J connectivity index is 0.000000845. The molecule has 1 aliphatic rings.